The zero-order valence-corrected chi connectivity index (χ0v) is 15.4. The minimum absolute atomic E-state index is 0.139. The van der Waals surface area contributed by atoms with Crippen molar-refractivity contribution in [2.24, 2.45) is 0 Å². The molecule has 6 nitrogen and oxygen atoms in total. The molecule has 0 saturated heterocycles. The predicted octanol–water partition coefficient (Wildman–Crippen LogP) is 3.33. The second kappa shape index (κ2) is 8.05. The van der Waals surface area contributed by atoms with Gasteiger partial charge in [-0.15, -0.1) is 0 Å². The number of carbonyl (C=O) groups is 2. The number of hydrogen-bond acceptors (Lipinski definition) is 4. The van der Waals surface area contributed by atoms with Crippen LogP contribution in [0.5, 0.6) is 0 Å². The lowest BCUT2D eigenvalue weighted by Crippen LogP contribution is -2.43. The SMILES string of the molecule is Cc1cccc(C(C)(C=O)NCCOC(=O)Nn2ccc3ccccc32)c1. The zero-order valence-electron chi connectivity index (χ0n) is 15.4. The number of para-hydroxylation sites is 1. The normalized spacial score (nSPS) is 13.1. The molecule has 0 aliphatic rings. The first-order chi connectivity index (χ1) is 13.0. The van der Waals surface area contributed by atoms with Gasteiger partial charge in [-0.3, -0.25) is 9.99 Å². The third-order valence-electron chi connectivity index (χ3n) is 4.49. The monoisotopic (exact) mass is 365 g/mol. The smallest absolute Gasteiger partial charge is 0.426 e. The number of benzene rings is 2. The maximum atomic E-state index is 12.0. The van der Waals surface area contributed by atoms with Gasteiger partial charge in [0.2, 0.25) is 0 Å². The summed E-state index contributed by atoms with van der Waals surface area (Å²) in [5.74, 6) is 0. The predicted molar refractivity (Wildman–Crippen MR) is 105 cm³/mol. The van der Waals surface area contributed by atoms with E-state index >= 15 is 0 Å². The van der Waals surface area contributed by atoms with Gasteiger partial charge in [0.25, 0.3) is 0 Å². The van der Waals surface area contributed by atoms with E-state index in [1.807, 2.05) is 61.5 Å². The fraction of sp³-hybridized carbons (Fsp3) is 0.238. The fourth-order valence-electron chi connectivity index (χ4n) is 2.95. The summed E-state index contributed by atoms with van der Waals surface area (Å²) in [6.07, 6.45) is 2.08. The van der Waals surface area contributed by atoms with E-state index in [-0.39, 0.29) is 6.61 Å². The molecule has 1 aromatic heterocycles. The van der Waals surface area contributed by atoms with E-state index in [0.717, 1.165) is 28.3 Å². The standard InChI is InChI=1S/C21H23N3O3/c1-16-6-5-8-18(14-16)21(2,15-25)22-11-13-27-20(26)23-24-12-10-17-7-3-4-9-19(17)24/h3-10,12,14-15,22H,11,13H2,1-2H3,(H,23,26). The van der Waals surface area contributed by atoms with Gasteiger partial charge in [-0.2, -0.15) is 0 Å². The van der Waals surface area contributed by atoms with Crippen molar-refractivity contribution in [1.82, 2.24) is 9.99 Å². The number of aromatic nitrogens is 1. The highest BCUT2D eigenvalue weighted by molar-refractivity contribution is 5.84. The van der Waals surface area contributed by atoms with Crippen molar-refractivity contribution >= 4 is 23.3 Å². The Bertz CT molecular complexity index is 951. The van der Waals surface area contributed by atoms with Crippen LogP contribution in [0.3, 0.4) is 0 Å². The van der Waals surface area contributed by atoms with E-state index in [0.29, 0.717) is 6.54 Å². The van der Waals surface area contributed by atoms with Gasteiger partial charge in [0.05, 0.1) is 11.1 Å². The molecule has 0 bridgehead atoms. The highest BCUT2D eigenvalue weighted by atomic mass is 16.6. The molecule has 0 radical (unpaired) electrons. The van der Waals surface area contributed by atoms with E-state index in [1.165, 1.54) is 0 Å². The second-order valence-electron chi connectivity index (χ2n) is 6.61. The molecule has 140 valence electrons. The molecule has 0 aliphatic heterocycles. The van der Waals surface area contributed by atoms with Crippen molar-refractivity contribution in [3.05, 3.63) is 71.9 Å². The maximum absolute atomic E-state index is 12.0. The van der Waals surface area contributed by atoms with E-state index < -0.39 is 11.6 Å². The van der Waals surface area contributed by atoms with Gasteiger partial charge in [0, 0.05) is 18.1 Å². The van der Waals surface area contributed by atoms with Crippen LogP contribution in [0.25, 0.3) is 10.9 Å². The van der Waals surface area contributed by atoms with Crippen LogP contribution in [0.2, 0.25) is 0 Å². The first kappa shape index (κ1) is 18.7. The molecule has 0 aliphatic carbocycles. The summed E-state index contributed by atoms with van der Waals surface area (Å²) in [6.45, 7) is 4.28. The van der Waals surface area contributed by atoms with Gasteiger partial charge in [0.15, 0.2) is 0 Å². The van der Waals surface area contributed by atoms with Gasteiger partial charge < -0.3 is 9.53 Å². The second-order valence-corrected chi connectivity index (χ2v) is 6.61. The number of aryl methyl sites for hydroxylation is 1. The molecule has 1 amide bonds. The number of ether oxygens (including phenoxy) is 1. The van der Waals surface area contributed by atoms with Crippen LogP contribution < -0.4 is 10.7 Å². The topological polar surface area (TPSA) is 72.4 Å². The average Bonchev–Trinajstić information content (AvgIpc) is 3.08. The third-order valence-corrected chi connectivity index (χ3v) is 4.49. The molecule has 27 heavy (non-hydrogen) atoms. The van der Waals surface area contributed by atoms with Crippen molar-refractivity contribution < 1.29 is 14.3 Å². The van der Waals surface area contributed by atoms with Crippen LogP contribution in [0.1, 0.15) is 18.1 Å². The van der Waals surface area contributed by atoms with Crippen LogP contribution in [0, 0.1) is 6.92 Å². The van der Waals surface area contributed by atoms with Gasteiger partial charge in [-0.25, -0.2) is 10.2 Å². The number of aldehydes is 1. The van der Waals surface area contributed by atoms with Gasteiger partial charge >= 0.3 is 6.09 Å². The molecule has 0 fully saturated rings. The van der Waals surface area contributed by atoms with E-state index in [4.69, 9.17) is 4.74 Å². The molecule has 2 N–H and O–H groups in total. The Labute approximate surface area is 158 Å². The Morgan fingerprint density at radius 3 is 2.78 bits per heavy atom. The van der Waals surface area contributed by atoms with E-state index in [2.05, 4.69) is 10.7 Å². The number of carbonyl (C=O) groups excluding carboxylic acids is 2. The molecule has 1 unspecified atom stereocenters. The Morgan fingerprint density at radius 2 is 2.00 bits per heavy atom. The van der Waals surface area contributed by atoms with Crippen LogP contribution in [0.15, 0.2) is 60.8 Å². The highest BCUT2D eigenvalue weighted by Gasteiger charge is 2.25. The molecule has 0 saturated carbocycles. The summed E-state index contributed by atoms with van der Waals surface area (Å²) in [5.41, 5.74) is 4.69. The number of nitrogens with zero attached hydrogens (tertiary/aromatic N) is 1. The number of rotatable bonds is 7. The van der Waals surface area contributed by atoms with Crippen LogP contribution >= 0.6 is 0 Å². The molecule has 0 spiro atoms. The number of hydrogen-bond donors (Lipinski definition) is 2. The first-order valence-corrected chi connectivity index (χ1v) is 8.80. The molecule has 1 heterocycles. The first-order valence-electron chi connectivity index (χ1n) is 8.80. The largest absolute Gasteiger partial charge is 0.447 e. The molecule has 2 aromatic carbocycles. The lowest BCUT2D eigenvalue weighted by Gasteiger charge is -2.25. The van der Waals surface area contributed by atoms with E-state index in [9.17, 15) is 9.59 Å². The van der Waals surface area contributed by atoms with Crippen LogP contribution in [0.4, 0.5) is 4.79 Å². The van der Waals surface area contributed by atoms with Crippen LogP contribution in [-0.4, -0.2) is 30.2 Å². The lowest BCUT2D eigenvalue weighted by molar-refractivity contribution is -0.113. The molecule has 3 rings (SSSR count). The van der Waals surface area contributed by atoms with Gasteiger partial charge in [-0.05, 0) is 31.5 Å². The molecule has 1 atom stereocenters. The Morgan fingerprint density at radius 1 is 1.19 bits per heavy atom. The van der Waals surface area contributed by atoms with Gasteiger partial charge in [-0.1, -0.05) is 48.0 Å². The molecule has 3 aromatic rings. The van der Waals surface area contributed by atoms with Crippen LogP contribution in [-0.2, 0) is 15.1 Å². The van der Waals surface area contributed by atoms with Crippen molar-refractivity contribution in [3.8, 4) is 0 Å². The van der Waals surface area contributed by atoms with Crippen molar-refractivity contribution in [1.29, 1.82) is 0 Å². The minimum Gasteiger partial charge on any atom is -0.447 e. The minimum atomic E-state index is -0.831. The molecule has 6 heteroatoms. The molecular weight excluding hydrogens is 342 g/mol. The summed E-state index contributed by atoms with van der Waals surface area (Å²) in [5, 5.41) is 4.18. The third kappa shape index (κ3) is 4.35. The summed E-state index contributed by atoms with van der Waals surface area (Å²) >= 11 is 0. The Kier molecular flexibility index (Phi) is 5.57. The Balaban J connectivity index is 1.51. The van der Waals surface area contributed by atoms with E-state index in [1.54, 1.807) is 17.8 Å². The van der Waals surface area contributed by atoms with Crippen molar-refractivity contribution in [2.45, 2.75) is 19.4 Å². The quantitative estimate of drug-likeness (QED) is 0.498. The Hall–Kier alpha value is -3.12. The summed E-state index contributed by atoms with van der Waals surface area (Å²) in [7, 11) is 0. The zero-order chi connectivity index (χ0) is 19.3. The summed E-state index contributed by atoms with van der Waals surface area (Å²) in [4.78, 5) is 23.6. The van der Waals surface area contributed by atoms with Crippen molar-refractivity contribution in [2.75, 3.05) is 18.6 Å². The molecular formula is C21H23N3O3. The average molecular weight is 365 g/mol. The lowest BCUT2D eigenvalue weighted by atomic mass is 9.92. The van der Waals surface area contributed by atoms with Gasteiger partial charge in [0.1, 0.15) is 12.9 Å². The highest BCUT2D eigenvalue weighted by Crippen LogP contribution is 2.19. The number of nitrogens with one attached hydrogen (secondary N) is 2. The maximum Gasteiger partial charge on any atom is 0.426 e. The fourth-order valence-corrected chi connectivity index (χ4v) is 2.95. The summed E-state index contributed by atoms with van der Waals surface area (Å²) in [6, 6.07) is 17.4. The number of amides is 1. The number of fused-ring (bicyclic) bond motifs is 1. The summed E-state index contributed by atoms with van der Waals surface area (Å²) < 4.78 is 6.83. The van der Waals surface area contributed by atoms with Crippen molar-refractivity contribution in [3.63, 3.8) is 0 Å².